The second kappa shape index (κ2) is 39.1. The molecule has 4 aromatic rings. The van der Waals surface area contributed by atoms with Crippen LogP contribution in [0.5, 0.6) is 0 Å². The maximum Gasteiger partial charge on any atom is 0.259 e. The van der Waals surface area contributed by atoms with Crippen LogP contribution in [-0.2, 0) is 25.9 Å². The monoisotopic (exact) mass is 999 g/mol. The predicted octanol–water partition coefficient (Wildman–Crippen LogP) is 21.4. The minimum absolute atomic E-state index is 0.0268. The minimum Gasteiger partial charge on any atom is -0.307 e. The highest BCUT2D eigenvalue weighted by Gasteiger charge is 2.21. The summed E-state index contributed by atoms with van der Waals surface area (Å²) in [5.41, 5.74) is 4.69. The van der Waals surface area contributed by atoms with Crippen LogP contribution in [-0.4, -0.2) is 9.13 Å². The topological polar surface area (TPSA) is 44.0 Å². The van der Waals surface area contributed by atoms with Crippen LogP contribution in [0.3, 0.4) is 0 Å². The number of hydrogen-bond donors (Lipinski definition) is 0. The van der Waals surface area contributed by atoms with Gasteiger partial charge in [-0.25, -0.2) is 0 Å². The molecule has 4 aromatic heterocycles. The molecule has 4 heterocycles. The molecule has 0 spiro atoms. The van der Waals surface area contributed by atoms with E-state index in [0.717, 1.165) is 49.9 Å². The van der Waals surface area contributed by atoms with Gasteiger partial charge in [-0.1, -0.05) is 259 Å². The molecular weight excluding hydrogens is 893 g/mol. The zero-order valence-electron chi connectivity index (χ0n) is 46.1. The minimum atomic E-state index is 0.0268. The fourth-order valence-electron chi connectivity index (χ4n) is 10.9. The number of aromatic nitrogens is 2. The SMILES string of the molecule is CCCCCCCCCCCCc1ccsc1-c1cc2c(=O)n(CCCCCCCCCCCC)c(-c3sccc3CCCCCCCCCCCC)cc2c(=O)n1CCCCCCCCCCCC. The molecular formula is C64H106N2O2S2. The van der Waals surface area contributed by atoms with Gasteiger partial charge in [0.15, 0.2) is 0 Å². The van der Waals surface area contributed by atoms with E-state index in [1.807, 2.05) is 0 Å². The first-order valence-electron chi connectivity index (χ1n) is 30.5. The third kappa shape index (κ3) is 22.8. The van der Waals surface area contributed by atoms with Gasteiger partial charge < -0.3 is 9.13 Å². The maximum atomic E-state index is 15.2. The van der Waals surface area contributed by atoms with Gasteiger partial charge >= 0.3 is 0 Å². The van der Waals surface area contributed by atoms with Gasteiger partial charge in [0.1, 0.15) is 0 Å². The van der Waals surface area contributed by atoms with Crippen molar-refractivity contribution in [1.29, 1.82) is 0 Å². The van der Waals surface area contributed by atoms with Crippen molar-refractivity contribution in [1.82, 2.24) is 9.13 Å². The first-order chi connectivity index (χ1) is 34.5. The largest absolute Gasteiger partial charge is 0.307 e. The molecule has 0 amide bonds. The van der Waals surface area contributed by atoms with Gasteiger partial charge in [-0.05, 0) is 84.7 Å². The van der Waals surface area contributed by atoms with Crippen LogP contribution in [0, 0.1) is 0 Å². The molecule has 0 unspecified atom stereocenters. The Bertz CT molecular complexity index is 1870. The molecule has 0 aliphatic heterocycles. The number of fused-ring (bicyclic) bond motifs is 1. The van der Waals surface area contributed by atoms with Crippen molar-refractivity contribution in [3.63, 3.8) is 0 Å². The van der Waals surface area contributed by atoms with E-state index in [2.05, 4.69) is 71.9 Å². The van der Waals surface area contributed by atoms with Crippen molar-refractivity contribution in [2.75, 3.05) is 0 Å². The Morgan fingerprint density at radius 2 is 0.571 bits per heavy atom. The summed E-state index contributed by atoms with van der Waals surface area (Å²) in [7, 11) is 0. The van der Waals surface area contributed by atoms with Crippen molar-refractivity contribution in [3.8, 4) is 21.1 Å². The average molecular weight is 1000 g/mol. The Hall–Kier alpha value is -2.44. The molecule has 70 heavy (non-hydrogen) atoms. The molecule has 0 radical (unpaired) electrons. The predicted molar refractivity (Wildman–Crippen MR) is 314 cm³/mol. The third-order valence-corrected chi connectivity index (χ3v) is 17.4. The number of rotatable bonds is 46. The standard InChI is InChI=1S/C64H106N2O2S2/c1-5-9-13-17-21-25-29-33-37-41-45-55-47-51-69-61(55)59-53-57-58(63(67)65(59)49-43-39-35-31-27-23-19-15-11-7-3)54-60(66(64(57)68)50-44-40-36-32-28-24-20-16-12-8-4)62-56(48-52-70-62)46-42-38-34-30-26-22-18-14-10-6-2/h47-48,51-54H,5-46,49-50H2,1-4H3. The van der Waals surface area contributed by atoms with Crippen LogP contribution < -0.4 is 11.1 Å². The summed E-state index contributed by atoms with van der Waals surface area (Å²) in [5.74, 6) is 0. The van der Waals surface area contributed by atoms with E-state index in [1.54, 1.807) is 22.7 Å². The molecule has 0 saturated heterocycles. The fourth-order valence-corrected chi connectivity index (χ4v) is 12.9. The zero-order valence-corrected chi connectivity index (χ0v) is 47.7. The molecule has 396 valence electrons. The number of unbranched alkanes of at least 4 members (excludes halogenated alkanes) is 36. The Morgan fingerprint density at radius 1 is 0.329 bits per heavy atom. The normalized spacial score (nSPS) is 11.8. The highest BCUT2D eigenvalue weighted by atomic mass is 32.1. The van der Waals surface area contributed by atoms with Crippen molar-refractivity contribution in [2.24, 2.45) is 0 Å². The van der Waals surface area contributed by atoms with Crippen LogP contribution in [0.4, 0.5) is 0 Å². The van der Waals surface area contributed by atoms with Gasteiger partial charge in [0, 0.05) is 13.1 Å². The van der Waals surface area contributed by atoms with Crippen molar-refractivity contribution in [3.05, 3.63) is 66.9 Å². The second-order valence-electron chi connectivity index (χ2n) is 21.6. The summed E-state index contributed by atoms with van der Waals surface area (Å²) in [6, 6.07) is 8.90. The summed E-state index contributed by atoms with van der Waals surface area (Å²) in [6.45, 7) is 10.6. The lowest BCUT2D eigenvalue weighted by atomic mass is 10.0. The van der Waals surface area contributed by atoms with Gasteiger partial charge in [0.25, 0.3) is 11.1 Å². The van der Waals surface area contributed by atoms with Crippen LogP contribution in [0.2, 0.25) is 0 Å². The van der Waals surface area contributed by atoms with E-state index in [4.69, 9.17) is 0 Å². The molecule has 0 N–H and O–H groups in total. The fraction of sp³-hybridized carbons (Fsp3) is 0.750. The summed E-state index contributed by atoms with van der Waals surface area (Å²) in [6.07, 6.45) is 54.0. The van der Waals surface area contributed by atoms with Crippen molar-refractivity contribution in [2.45, 2.75) is 310 Å². The quantitative estimate of drug-likeness (QED) is 0.0414. The number of pyridine rings is 2. The molecule has 0 atom stereocenters. The van der Waals surface area contributed by atoms with Crippen LogP contribution in [0.25, 0.3) is 31.9 Å². The van der Waals surface area contributed by atoms with E-state index < -0.39 is 0 Å². The molecule has 4 rings (SSSR count). The first-order valence-corrected chi connectivity index (χ1v) is 32.3. The third-order valence-electron chi connectivity index (χ3n) is 15.4. The molecule has 0 aliphatic carbocycles. The summed E-state index contributed by atoms with van der Waals surface area (Å²) < 4.78 is 4.19. The van der Waals surface area contributed by atoms with E-state index in [-0.39, 0.29) is 11.1 Å². The van der Waals surface area contributed by atoms with Crippen molar-refractivity contribution < 1.29 is 0 Å². The number of thiophene rings is 2. The first kappa shape index (κ1) is 60.1. The highest BCUT2D eigenvalue weighted by Crippen LogP contribution is 2.35. The molecule has 0 saturated carbocycles. The molecule has 0 bridgehead atoms. The lowest BCUT2D eigenvalue weighted by molar-refractivity contribution is 0.531. The van der Waals surface area contributed by atoms with Gasteiger partial charge in [-0.15, -0.1) is 22.7 Å². The van der Waals surface area contributed by atoms with Gasteiger partial charge in [0.2, 0.25) is 0 Å². The van der Waals surface area contributed by atoms with E-state index in [0.29, 0.717) is 23.9 Å². The maximum absolute atomic E-state index is 15.2. The highest BCUT2D eigenvalue weighted by molar-refractivity contribution is 7.14. The summed E-state index contributed by atoms with van der Waals surface area (Å²) in [5, 5.41) is 5.67. The molecule has 6 heteroatoms. The Labute approximate surface area is 438 Å². The lowest BCUT2D eigenvalue weighted by Gasteiger charge is -2.19. The summed E-state index contributed by atoms with van der Waals surface area (Å²) >= 11 is 3.53. The lowest BCUT2D eigenvalue weighted by Crippen LogP contribution is -2.28. The molecule has 4 nitrogen and oxygen atoms in total. The van der Waals surface area contributed by atoms with Crippen LogP contribution in [0.1, 0.15) is 296 Å². The second-order valence-corrected chi connectivity index (χ2v) is 23.4. The molecule has 0 aliphatic rings. The van der Waals surface area contributed by atoms with E-state index >= 15 is 9.59 Å². The van der Waals surface area contributed by atoms with Crippen LogP contribution in [0.15, 0.2) is 44.6 Å². The number of hydrogen-bond acceptors (Lipinski definition) is 4. The molecule has 0 aromatic carbocycles. The Morgan fingerprint density at radius 3 is 0.843 bits per heavy atom. The van der Waals surface area contributed by atoms with Gasteiger partial charge in [0.05, 0.1) is 31.9 Å². The zero-order chi connectivity index (χ0) is 49.7. The van der Waals surface area contributed by atoms with Gasteiger partial charge in [-0.3, -0.25) is 9.59 Å². The van der Waals surface area contributed by atoms with E-state index in [9.17, 15) is 0 Å². The smallest absolute Gasteiger partial charge is 0.259 e. The van der Waals surface area contributed by atoms with Crippen molar-refractivity contribution >= 4 is 33.4 Å². The van der Waals surface area contributed by atoms with E-state index in [1.165, 1.54) is 252 Å². The average Bonchev–Trinajstić information content (AvgIpc) is 4.05. The summed E-state index contributed by atoms with van der Waals surface area (Å²) in [4.78, 5) is 32.8. The Kier molecular flexibility index (Phi) is 33.6. The molecule has 0 fully saturated rings. The number of aryl methyl sites for hydroxylation is 2. The number of nitrogens with zero attached hydrogens (tertiary/aromatic N) is 2. The van der Waals surface area contributed by atoms with Gasteiger partial charge in [-0.2, -0.15) is 0 Å². The van der Waals surface area contributed by atoms with Crippen LogP contribution >= 0.6 is 22.7 Å². The Balaban J connectivity index is 1.59.